The molecule has 1 aromatic heterocycles. The molecule has 2 aromatic carbocycles. The van der Waals surface area contributed by atoms with E-state index in [2.05, 4.69) is 6.07 Å². The molecule has 0 fully saturated rings. The summed E-state index contributed by atoms with van der Waals surface area (Å²) in [5, 5.41) is 0. The SMILES string of the molecule is Cc1ccc(C2=NCc3cc(C)c(C)n3-c3ccc(C(F)(F)F)cc32)c(C)c1. The van der Waals surface area contributed by atoms with Crippen LogP contribution in [0.15, 0.2) is 47.5 Å². The van der Waals surface area contributed by atoms with Gasteiger partial charge in [-0.1, -0.05) is 23.8 Å². The summed E-state index contributed by atoms with van der Waals surface area (Å²) in [6.07, 6.45) is -4.40. The van der Waals surface area contributed by atoms with Gasteiger partial charge in [-0.05, 0) is 63.1 Å². The Morgan fingerprint density at radius 3 is 2.29 bits per heavy atom. The van der Waals surface area contributed by atoms with Gasteiger partial charge in [0.1, 0.15) is 0 Å². The first-order valence-corrected chi connectivity index (χ1v) is 9.18. The maximum atomic E-state index is 13.5. The topological polar surface area (TPSA) is 17.3 Å². The van der Waals surface area contributed by atoms with E-state index in [0.29, 0.717) is 17.8 Å². The number of halogens is 3. The molecule has 0 N–H and O–H groups in total. The van der Waals surface area contributed by atoms with E-state index in [4.69, 9.17) is 4.99 Å². The lowest BCUT2D eigenvalue weighted by Gasteiger charge is -2.18. The van der Waals surface area contributed by atoms with Crippen molar-refractivity contribution in [2.24, 2.45) is 4.99 Å². The van der Waals surface area contributed by atoms with E-state index in [0.717, 1.165) is 45.4 Å². The molecule has 0 amide bonds. The van der Waals surface area contributed by atoms with Gasteiger partial charge >= 0.3 is 6.18 Å². The summed E-state index contributed by atoms with van der Waals surface area (Å²) in [6.45, 7) is 8.39. The fourth-order valence-electron chi connectivity index (χ4n) is 3.91. The van der Waals surface area contributed by atoms with Gasteiger partial charge in [0.2, 0.25) is 0 Å². The van der Waals surface area contributed by atoms with Crippen LogP contribution in [0.3, 0.4) is 0 Å². The van der Waals surface area contributed by atoms with Gasteiger partial charge in [-0.2, -0.15) is 13.2 Å². The molecule has 1 aliphatic rings. The zero-order valence-electron chi connectivity index (χ0n) is 16.3. The van der Waals surface area contributed by atoms with Crippen molar-refractivity contribution in [1.29, 1.82) is 0 Å². The molecule has 144 valence electrons. The molecule has 1 aliphatic heterocycles. The van der Waals surface area contributed by atoms with E-state index in [1.807, 2.05) is 50.5 Å². The zero-order chi connectivity index (χ0) is 20.2. The molecule has 2 heterocycles. The summed E-state index contributed by atoms with van der Waals surface area (Å²) < 4.78 is 42.4. The first-order valence-electron chi connectivity index (χ1n) is 9.18. The fourth-order valence-corrected chi connectivity index (χ4v) is 3.91. The zero-order valence-corrected chi connectivity index (χ0v) is 16.3. The Balaban J connectivity index is 2.03. The summed E-state index contributed by atoms with van der Waals surface area (Å²) in [4.78, 5) is 4.77. The average molecular weight is 382 g/mol. The standard InChI is InChI=1S/C23H21F3N2/c1-13-5-7-19(15(3)9-13)22-20-11-17(23(24,25)26)6-8-21(20)28-16(4)14(2)10-18(28)12-27-22/h5-11H,12H2,1-4H3. The predicted molar refractivity (Wildman–Crippen MR) is 106 cm³/mol. The third-order valence-electron chi connectivity index (χ3n) is 5.43. The van der Waals surface area contributed by atoms with E-state index in [1.54, 1.807) is 6.07 Å². The highest BCUT2D eigenvalue weighted by molar-refractivity contribution is 6.16. The average Bonchev–Trinajstić information content (AvgIpc) is 2.80. The van der Waals surface area contributed by atoms with Gasteiger partial charge in [0.15, 0.2) is 0 Å². The van der Waals surface area contributed by atoms with Gasteiger partial charge in [0.05, 0.1) is 23.5 Å². The quantitative estimate of drug-likeness (QED) is 0.485. The number of aliphatic imine (C=N–C) groups is 1. The number of rotatable bonds is 1. The number of aromatic nitrogens is 1. The van der Waals surface area contributed by atoms with Crippen LogP contribution in [-0.2, 0) is 12.7 Å². The Hall–Kier alpha value is -2.82. The second-order valence-corrected chi connectivity index (χ2v) is 7.45. The van der Waals surface area contributed by atoms with Crippen molar-refractivity contribution in [1.82, 2.24) is 4.57 Å². The molecule has 0 spiro atoms. The highest BCUT2D eigenvalue weighted by atomic mass is 19.4. The molecule has 0 saturated carbocycles. The predicted octanol–water partition coefficient (Wildman–Crippen LogP) is 6.08. The van der Waals surface area contributed by atoms with Crippen LogP contribution in [0.25, 0.3) is 5.69 Å². The molecule has 0 aliphatic carbocycles. The van der Waals surface area contributed by atoms with Gasteiger partial charge < -0.3 is 4.57 Å². The van der Waals surface area contributed by atoms with Crippen LogP contribution >= 0.6 is 0 Å². The third kappa shape index (κ3) is 2.95. The summed E-state index contributed by atoms with van der Waals surface area (Å²) in [6, 6.07) is 12.0. The number of fused-ring (bicyclic) bond motifs is 3. The van der Waals surface area contributed by atoms with Crippen molar-refractivity contribution in [3.63, 3.8) is 0 Å². The number of hydrogen-bond acceptors (Lipinski definition) is 1. The van der Waals surface area contributed by atoms with Crippen LogP contribution in [-0.4, -0.2) is 10.3 Å². The molecule has 4 rings (SSSR count). The Morgan fingerprint density at radius 1 is 0.857 bits per heavy atom. The van der Waals surface area contributed by atoms with Crippen LogP contribution in [0.5, 0.6) is 0 Å². The molecule has 5 heteroatoms. The molecule has 0 unspecified atom stereocenters. The fraction of sp³-hybridized carbons (Fsp3) is 0.261. The van der Waals surface area contributed by atoms with Gasteiger partial charge in [-0.15, -0.1) is 0 Å². The monoisotopic (exact) mass is 382 g/mol. The van der Waals surface area contributed by atoms with Crippen molar-refractivity contribution in [2.75, 3.05) is 0 Å². The summed E-state index contributed by atoms with van der Waals surface area (Å²) in [5.74, 6) is 0. The highest BCUT2D eigenvalue weighted by Crippen LogP contribution is 2.35. The lowest BCUT2D eigenvalue weighted by atomic mass is 9.94. The van der Waals surface area contributed by atoms with Crippen molar-refractivity contribution >= 4 is 5.71 Å². The first kappa shape index (κ1) is 18.5. The molecular formula is C23H21F3N2. The minimum atomic E-state index is -4.40. The minimum absolute atomic E-state index is 0.424. The molecule has 28 heavy (non-hydrogen) atoms. The van der Waals surface area contributed by atoms with Crippen molar-refractivity contribution in [3.8, 4) is 5.69 Å². The second-order valence-electron chi connectivity index (χ2n) is 7.45. The van der Waals surface area contributed by atoms with E-state index >= 15 is 0 Å². The Kier molecular flexibility index (Phi) is 4.21. The van der Waals surface area contributed by atoms with E-state index < -0.39 is 11.7 Å². The van der Waals surface area contributed by atoms with Crippen molar-refractivity contribution in [2.45, 2.75) is 40.4 Å². The minimum Gasteiger partial charge on any atom is -0.315 e. The highest BCUT2D eigenvalue weighted by Gasteiger charge is 2.32. The Morgan fingerprint density at radius 2 is 1.61 bits per heavy atom. The van der Waals surface area contributed by atoms with Crippen molar-refractivity contribution in [3.05, 3.63) is 87.2 Å². The van der Waals surface area contributed by atoms with Crippen LogP contribution in [0.4, 0.5) is 13.2 Å². The van der Waals surface area contributed by atoms with Crippen LogP contribution in [0.2, 0.25) is 0 Å². The van der Waals surface area contributed by atoms with Gasteiger partial charge in [0.25, 0.3) is 0 Å². The normalized spacial score (nSPS) is 13.6. The number of benzene rings is 2. The molecule has 0 atom stereocenters. The molecule has 0 saturated heterocycles. The summed E-state index contributed by atoms with van der Waals surface area (Å²) in [5.41, 5.74) is 7.29. The molecule has 3 aromatic rings. The maximum absolute atomic E-state index is 13.5. The maximum Gasteiger partial charge on any atom is 0.416 e. The van der Waals surface area contributed by atoms with Gasteiger partial charge in [-0.25, -0.2) is 0 Å². The Labute approximate surface area is 162 Å². The van der Waals surface area contributed by atoms with E-state index in [1.165, 1.54) is 6.07 Å². The number of alkyl halides is 3. The third-order valence-corrected chi connectivity index (χ3v) is 5.43. The van der Waals surface area contributed by atoms with Crippen LogP contribution in [0.1, 0.15) is 44.8 Å². The van der Waals surface area contributed by atoms with Crippen LogP contribution < -0.4 is 0 Å². The summed E-state index contributed by atoms with van der Waals surface area (Å²) in [7, 11) is 0. The first-order chi connectivity index (χ1) is 13.2. The largest absolute Gasteiger partial charge is 0.416 e. The lowest BCUT2D eigenvalue weighted by molar-refractivity contribution is -0.137. The van der Waals surface area contributed by atoms with E-state index in [9.17, 15) is 13.2 Å². The molecular weight excluding hydrogens is 361 g/mol. The molecule has 2 nitrogen and oxygen atoms in total. The molecule has 0 bridgehead atoms. The van der Waals surface area contributed by atoms with Gasteiger partial charge in [-0.3, -0.25) is 4.99 Å². The van der Waals surface area contributed by atoms with Gasteiger partial charge in [0, 0.05) is 22.5 Å². The smallest absolute Gasteiger partial charge is 0.315 e. The van der Waals surface area contributed by atoms with Crippen molar-refractivity contribution < 1.29 is 13.2 Å². The molecule has 0 radical (unpaired) electrons. The second kappa shape index (κ2) is 6.36. The number of hydrogen-bond donors (Lipinski definition) is 0. The Bertz CT molecular complexity index is 1120. The summed E-state index contributed by atoms with van der Waals surface area (Å²) >= 11 is 0. The number of nitrogens with zero attached hydrogens (tertiary/aromatic N) is 2. The van der Waals surface area contributed by atoms with Crippen LogP contribution in [0, 0.1) is 27.7 Å². The lowest BCUT2D eigenvalue weighted by Crippen LogP contribution is -2.13. The van der Waals surface area contributed by atoms with E-state index in [-0.39, 0.29) is 0 Å². The number of aryl methyl sites for hydroxylation is 3.